The number of nitrogens with one attached hydrogen (secondary N) is 2. The summed E-state index contributed by atoms with van der Waals surface area (Å²) in [4.78, 5) is 11.7. The Morgan fingerprint density at radius 2 is 2.11 bits per heavy atom. The zero-order valence-electron chi connectivity index (χ0n) is 10.3. The molecule has 19 heavy (non-hydrogen) atoms. The number of nitrogens with zero attached hydrogens (tertiary/aromatic N) is 1. The van der Waals surface area contributed by atoms with Gasteiger partial charge in [-0.25, -0.2) is 0 Å². The molecule has 1 fully saturated rings. The molecule has 1 aliphatic rings. The number of halogens is 3. The minimum absolute atomic E-state index is 0.0312. The maximum absolute atomic E-state index is 12.3. The van der Waals surface area contributed by atoms with Gasteiger partial charge in [0.25, 0.3) is 5.91 Å². The van der Waals surface area contributed by atoms with E-state index in [1.54, 1.807) is 0 Å². The number of rotatable bonds is 6. The van der Waals surface area contributed by atoms with Gasteiger partial charge in [0.15, 0.2) is 0 Å². The average molecular weight is 275 g/mol. The number of hydrogen-bond donors (Lipinski definition) is 2. The van der Waals surface area contributed by atoms with Crippen molar-refractivity contribution < 1.29 is 18.0 Å². The van der Waals surface area contributed by atoms with E-state index < -0.39 is 18.6 Å². The van der Waals surface area contributed by atoms with E-state index in [4.69, 9.17) is 0 Å². The predicted octanol–water partition coefficient (Wildman–Crippen LogP) is 1.53. The van der Waals surface area contributed by atoms with Crippen LogP contribution < -0.4 is 10.6 Å². The second kappa shape index (κ2) is 5.64. The van der Waals surface area contributed by atoms with Crippen molar-refractivity contribution in [2.24, 2.45) is 0 Å². The first-order valence-electron chi connectivity index (χ1n) is 6.19. The molecular weight excluding hydrogens is 259 g/mol. The number of hydrogen-bond acceptors (Lipinski definition) is 2. The largest absolute Gasteiger partial charge is 0.406 e. The smallest absolute Gasteiger partial charge is 0.349 e. The number of carbonyl (C=O) groups is 1. The Balaban J connectivity index is 1.82. The molecule has 1 aromatic heterocycles. The van der Waals surface area contributed by atoms with Gasteiger partial charge in [-0.3, -0.25) is 4.79 Å². The molecule has 0 aromatic carbocycles. The van der Waals surface area contributed by atoms with Crippen molar-refractivity contribution in [2.75, 3.05) is 13.1 Å². The molecule has 0 unspecified atom stereocenters. The third-order valence-electron chi connectivity index (χ3n) is 2.83. The number of aromatic nitrogens is 1. The van der Waals surface area contributed by atoms with Crippen molar-refractivity contribution in [1.29, 1.82) is 0 Å². The summed E-state index contributed by atoms with van der Waals surface area (Å²) in [6.45, 7) is -0.105. The van der Waals surface area contributed by atoms with Crippen LogP contribution in [0.25, 0.3) is 0 Å². The van der Waals surface area contributed by atoms with Crippen LogP contribution in [0.1, 0.15) is 23.3 Å². The highest BCUT2D eigenvalue weighted by molar-refractivity contribution is 5.92. The SMILES string of the molecule is O=C(NCCNC1CC1)c1cccn1CC(F)(F)F. The molecule has 1 saturated carbocycles. The zero-order valence-corrected chi connectivity index (χ0v) is 10.3. The Morgan fingerprint density at radius 3 is 2.74 bits per heavy atom. The number of amides is 1. The molecule has 0 radical (unpaired) electrons. The Bertz CT molecular complexity index is 438. The van der Waals surface area contributed by atoms with Crippen LogP contribution in [0.2, 0.25) is 0 Å². The summed E-state index contributed by atoms with van der Waals surface area (Å²) in [7, 11) is 0. The zero-order chi connectivity index (χ0) is 13.9. The average Bonchev–Trinajstić information content (AvgIpc) is 3.02. The van der Waals surface area contributed by atoms with E-state index in [2.05, 4.69) is 10.6 Å². The van der Waals surface area contributed by atoms with Crippen LogP contribution in [-0.2, 0) is 6.54 Å². The van der Waals surface area contributed by atoms with Gasteiger partial charge in [-0.05, 0) is 25.0 Å². The summed E-state index contributed by atoms with van der Waals surface area (Å²) in [6.07, 6.45) is -0.767. The fourth-order valence-electron chi connectivity index (χ4n) is 1.78. The molecule has 0 atom stereocenters. The van der Waals surface area contributed by atoms with E-state index >= 15 is 0 Å². The molecule has 1 aliphatic carbocycles. The Hall–Kier alpha value is -1.50. The van der Waals surface area contributed by atoms with Crippen LogP contribution in [0.3, 0.4) is 0 Å². The van der Waals surface area contributed by atoms with Crippen molar-refractivity contribution in [2.45, 2.75) is 31.6 Å². The molecule has 1 heterocycles. The Labute approximate surface area is 109 Å². The first-order chi connectivity index (χ1) is 8.96. The van der Waals surface area contributed by atoms with E-state index in [0.29, 0.717) is 19.1 Å². The number of alkyl halides is 3. The van der Waals surface area contributed by atoms with Crippen LogP contribution in [0.15, 0.2) is 18.3 Å². The molecular formula is C12H16F3N3O. The van der Waals surface area contributed by atoms with Gasteiger partial charge in [0, 0.05) is 25.3 Å². The van der Waals surface area contributed by atoms with Crippen molar-refractivity contribution in [3.05, 3.63) is 24.0 Å². The second-order valence-electron chi connectivity index (χ2n) is 4.62. The standard InChI is InChI=1S/C12H16F3N3O/c13-12(14,15)8-18-7-1-2-10(18)11(19)17-6-5-16-9-3-4-9/h1-2,7,9,16H,3-6,8H2,(H,17,19). The van der Waals surface area contributed by atoms with E-state index in [-0.39, 0.29) is 5.69 Å². The first-order valence-corrected chi connectivity index (χ1v) is 6.19. The van der Waals surface area contributed by atoms with Crippen molar-refractivity contribution in [3.8, 4) is 0 Å². The minimum Gasteiger partial charge on any atom is -0.349 e. The maximum atomic E-state index is 12.3. The summed E-state index contributed by atoms with van der Waals surface area (Å²) in [5.74, 6) is -0.480. The van der Waals surface area contributed by atoms with E-state index in [0.717, 1.165) is 17.4 Å². The normalized spacial score (nSPS) is 15.5. The van der Waals surface area contributed by atoms with Gasteiger partial charge in [0.2, 0.25) is 0 Å². The Morgan fingerprint density at radius 1 is 1.37 bits per heavy atom. The molecule has 106 valence electrons. The second-order valence-corrected chi connectivity index (χ2v) is 4.62. The minimum atomic E-state index is -4.33. The summed E-state index contributed by atoms with van der Waals surface area (Å²) in [5.41, 5.74) is 0.0312. The van der Waals surface area contributed by atoms with Crippen LogP contribution in [0.5, 0.6) is 0 Å². The fraction of sp³-hybridized carbons (Fsp3) is 0.583. The topological polar surface area (TPSA) is 46.1 Å². The third kappa shape index (κ3) is 4.59. The van der Waals surface area contributed by atoms with Gasteiger partial charge in [-0.2, -0.15) is 13.2 Å². The lowest BCUT2D eigenvalue weighted by molar-refractivity contribution is -0.140. The molecule has 7 heteroatoms. The molecule has 0 bridgehead atoms. The lowest BCUT2D eigenvalue weighted by Gasteiger charge is -2.12. The van der Waals surface area contributed by atoms with Crippen LogP contribution in [0.4, 0.5) is 13.2 Å². The summed E-state index contributed by atoms with van der Waals surface area (Å²) >= 11 is 0. The van der Waals surface area contributed by atoms with Gasteiger partial charge in [0.05, 0.1) is 0 Å². The van der Waals surface area contributed by atoms with Gasteiger partial charge >= 0.3 is 6.18 Å². The summed E-state index contributed by atoms with van der Waals surface area (Å²) in [6, 6.07) is 3.37. The van der Waals surface area contributed by atoms with Gasteiger partial charge in [-0.1, -0.05) is 0 Å². The molecule has 0 saturated heterocycles. The maximum Gasteiger partial charge on any atom is 0.406 e. The van der Waals surface area contributed by atoms with Crippen molar-refractivity contribution in [3.63, 3.8) is 0 Å². The predicted molar refractivity (Wildman–Crippen MR) is 63.8 cm³/mol. The van der Waals surface area contributed by atoms with Gasteiger partial charge < -0.3 is 15.2 Å². The highest BCUT2D eigenvalue weighted by Crippen LogP contribution is 2.19. The van der Waals surface area contributed by atoms with Crippen molar-refractivity contribution in [1.82, 2.24) is 15.2 Å². The molecule has 2 rings (SSSR count). The van der Waals surface area contributed by atoms with Gasteiger partial charge in [0.1, 0.15) is 12.2 Å². The third-order valence-corrected chi connectivity index (χ3v) is 2.83. The molecule has 4 nitrogen and oxygen atoms in total. The van der Waals surface area contributed by atoms with E-state index in [1.807, 2.05) is 0 Å². The van der Waals surface area contributed by atoms with E-state index in [9.17, 15) is 18.0 Å². The van der Waals surface area contributed by atoms with E-state index in [1.165, 1.54) is 18.3 Å². The van der Waals surface area contributed by atoms with Crippen LogP contribution in [-0.4, -0.2) is 35.8 Å². The molecule has 0 spiro atoms. The van der Waals surface area contributed by atoms with Crippen molar-refractivity contribution >= 4 is 5.91 Å². The monoisotopic (exact) mass is 275 g/mol. The quantitative estimate of drug-likeness (QED) is 0.773. The van der Waals surface area contributed by atoms with Gasteiger partial charge in [-0.15, -0.1) is 0 Å². The Kier molecular flexibility index (Phi) is 4.14. The molecule has 1 aromatic rings. The molecule has 2 N–H and O–H groups in total. The first kappa shape index (κ1) is 13.9. The highest BCUT2D eigenvalue weighted by Gasteiger charge is 2.29. The summed E-state index contributed by atoms with van der Waals surface area (Å²) in [5, 5.41) is 5.81. The number of carbonyl (C=O) groups excluding carboxylic acids is 1. The lowest BCUT2D eigenvalue weighted by atomic mass is 10.4. The highest BCUT2D eigenvalue weighted by atomic mass is 19.4. The molecule has 1 amide bonds. The van der Waals surface area contributed by atoms with Crippen LogP contribution in [0, 0.1) is 0 Å². The molecule has 0 aliphatic heterocycles. The fourth-order valence-corrected chi connectivity index (χ4v) is 1.78. The van der Waals surface area contributed by atoms with Crippen LogP contribution >= 0.6 is 0 Å². The summed E-state index contributed by atoms with van der Waals surface area (Å²) < 4.78 is 37.8. The lowest BCUT2D eigenvalue weighted by Crippen LogP contribution is -2.34.